The molecule has 1 saturated heterocycles. The molecule has 0 spiro atoms. The van der Waals surface area contributed by atoms with Crippen LogP contribution in [-0.2, 0) is 17.9 Å². The number of anilines is 1. The molecule has 3 N–H and O–H groups in total. The predicted octanol–water partition coefficient (Wildman–Crippen LogP) is 2.17. The quantitative estimate of drug-likeness (QED) is 0.345. The van der Waals surface area contributed by atoms with Gasteiger partial charge < -0.3 is 20.9 Å². The third-order valence-corrected chi connectivity index (χ3v) is 4.91. The summed E-state index contributed by atoms with van der Waals surface area (Å²) < 4.78 is 0. The molecule has 1 aromatic carbocycles. The molecule has 0 unspecified atom stereocenters. The molecule has 0 aliphatic carbocycles. The normalized spacial score (nSPS) is 14.4. The minimum Gasteiger partial charge on any atom is -0.360 e. The molecule has 26 heavy (non-hydrogen) atoms. The predicted molar refractivity (Wildman–Crippen MR) is 118 cm³/mol. The fraction of sp³-hybridized carbons (Fsp3) is 0.333. The monoisotopic (exact) mass is 485 g/mol. The summed E-state index contributed by atoms with van der Waals surface area (Å²) in [5, 5.41) is 11.5. The summed E-state index contributed by atoms with van der Waals surface area (Å²) in [6.45, 7) is 3.45. The largest absolute Gasteiger partial charge is 0.360 e. The van der Waals surface area contributed by atoms with Crippen molar-refractivity contribution in [2.24, 2.45) is 4.99 Å². The molecule has 140 valence electrons. The summed E-state index contributed by atoms with van der Waals surface area (Å²) in [5.74, 6) is 0.864. The SMILES string of the molecule is CN=C(NCc1ccc(N2CCNC(=O)C2)cc1)NCc1cccs1.I. The van der Waals surface area contributed by atoms with Gasteiger partial charge in [-0.25, -0.2) is 0 Å². The molecule has 0 radical (unpaired) electrons. The number of hydrogen-bond donors (Lipinski definition) is 3. The van der Waals surface area contributed by atoms with Crippen molar-refractivity contribution in [1.29, 1.82) is 0 Å². The Morgan fingerprint density at radius 1 is 1.23 bits per heavy atom. The van der Waals surface area contributed by atoms with E-state index in [0.29, 0.717) is 19.6 Å². The highest BCUT2D eigenvalue weighted by atomic mass is 127. The lowest BCUT2D eigenvalue weighted by atomic mass is 10.2. The number of hydrogen-bond acceptors (Lipinski definition) is 4. The fourth-order valence-electron chi connectivity index (χ4n) is 2.67. The van der Waals surface area contributed by atoms with Crippen molar-refractivity contribution in [3.63, 3.8) is 0 Å². The van der Waals surface area contributed by atoms with Crippen molar-refractivity contribution >= 4 is 52.9 Å². The third kappa shape index (κ3) is 5.87. The number of aliphatic imine (C=N–C) groups is 1. The standard InChI is InChI=1S/C18H23N5OS.HI/c1-19-18(22-12-16-3-2-10-25-16)21-11-14-4-6-15(7-5-14)23-9-8-20-17(24)13-23;/h2-7,10H,8-9,11-13H2,1H3,(H,20,24)(H2,19,21,22);1H. The van der Waals surface area contributed by atoms with Crippen LogP contribution in [-0.4, -0.2) is 38.5 Å². The molecular formula is C18H24IN5OS. The van der Waals surface area contributed by atoms with Crippen LogP contribution >= 0.6 is 35.3 Å². The number of thiophene rings is 1. The summed E-state index contributed by atoms with van der Waals surface area (Å²) >= 11 is 1.73. The first-order valence-electron chi connectivity index (χ1n) is 8.32. The van der Waals surface area contributed by atoms with Gasteiger partial charge in [-0.3, -0.25) is 9.79 Å². The van der Waals surface area contributed by atoms with Gasteiger partial charge in [-0.15, -0.1) is 35.3 Å². The molecule has 1 aromatic heterocycles. The molecule has 1 amide bonds. The number of amides is 1. The molecule has 0 saturated carbocycles. The van der Waals surface area contributed by atoms with Gasteiger partial charge in [0.15, 0.2) is 5.96 Å². The van der Waals surface area contributed by atoms with E-state index in [0.717, 1.165) is 24.7 Å². The van der Waals surface area contributed by atoms with E-state index in [2.05, 4.69) is 61.6 Å². The Bertz CT molecular complexity index is 718. The van der Waals surface area contributed by atoms with Gasteiger partial charge in [-0.05, 0) is 29.1 Å². The number of guanidine groups is 1. The summed E-state index contributed by atoms with van der Waals surface area (Å²) in [4.78, 5) is 19.1. The number of rotatable bonds is 5. The number of piperazine rings is 1. The zero-order valence-corrected chi connectivity index (χ0v) is 17.8. The van der Waals surface area contributed by atoms with Crippen molar-refractivity contribution in [2.45, 2.75) is 13.1 Å². The topological polar surface area (TPSA) is 68.8 Å². The Morgan fingerprint density at radius 2 is 2.00 bits per heavy atom. The number of benzene rings is 1. The summed E-state index contributed by atoms with van der Waals surface area (Å²) in [6, 6.07) is 12.5. The van der Waals surface area contributed by atoms with Gasteiger partial charge in [-0.2, -0.15) is 0 Å². The van der Waals surface area contributed by atoms with E-state index in [9.17, 15) is 4.79 Å². The van der Waals surface area contributed by atoms with Crippen molar-refractivity contribution in [3.8, 4) is 0 Å². The summed E-state index contributed by atoms with van der Waals surface area (Å²) in [7, 11) is 1.77. The van der Waals surface area contributed by atoms with Crippen LogP contribution in [0.4, 0.5) is 5.69 Å². The van der Waals surface area contributed by atoms with Gasteiger partial charge in [0.05, 0.1) is 13.1 Å². The minimum atomic E-state index is 0. The zero-order valence-electron chi connectivity index (χ0n) is 14.7. The van der Waals surface area contributed by atoms with E-state index < -0.39 is 0 Å². The second-order valence-corrected chi connectivity index (χ2v) is 6.83. The minimum absolute atomic E-state index is 0. The molecule has 3 rings (SSSR count). The van der Waals surface area contributed by atoms with Gasteiger partial charge in [0, 0.05) is 37.2 Å². The lowest BCUT2D eigenvalue weighted by Gasteiger charge is -2.28. The fourth-order valence-corrected chi connectivity index (χ4v) is 3.32. The molecule has 6 nitrogen and oxygen atoms in total. The van der Waals surface area contributed by atoms with Crippen LogP contribution in [0, 0.1) is 0 Å². The number of carbonyl (C=O) groups excluding carboxylic acids is 1. The molecule has 0 atom stereocenters. The van der Waals surface area contributed by atoms with Gasteiger partial charge in [-0.1, -0.05) is 18.2 Å². The number of carbonyl (C=O) groups is 1. The smallest absolute Gasteiger partial charge is 0.239 e. The van der Waals surface area contributed by atoms with Crippen LogP contribution in [0.3, 0.4) is 0 Å². The second-order valence-electron chi connectivity index (χ2n) is 5.80. The Labute approximate surface area is 175 Å². The van der Waals surface area contributed by atoms with E-state index in [-0.39, 0.29) is 29.9 Å². The van der Waals surface area contributed by atoms with Gasteiger partial charge in [0.1, 0.15) is 0 Å². The zero-order chi connectivity index (χ0) is 17.5. The summed E-state index contributed by atoms with van der Waals surface area (Å²) in [6.07, 6.45) is 0. The van der Waals surface area contributed by atoms with E-state index in [1.54, 1.807) is 18.4 Å². The van der Waals surface area contributed by atoms with Gasteiger partial charge in [0.2, 0.25) is 5.91 Å². The maximum atomic E-state index is 11.5. The van der Waals surface area contributed by atoms with Crippen molar-refractivity contribution in [3.05, 3.63) is 52.2 Å². The van der Waals surface area contributed by atoms with Crippen LogP contribution in [0.2, 0.25) is 0 Å². The highest BCUT2D eigenvalue weighted by Gasteiger charge is 2.16. The van der Waals surface area contributed by atoms with Crippen LogP contribution in [0.5, 0.6) is 0 Å². The lowest BCUT2D eigenvalue weighted by molar-refractivity contribution is -0.120. The Kier molecular flexibility index (Phi) is 8.17. The van der Waals surface area contributed by atoms with Crippen molar-refractivity contribution in [1.82, 2.24) is 16.0 Å². The van der Waals surface area contributed by atoms with Crippen molar-refractivity contribution < 1.29 is 4.79 Å². The molecule has 0 bridgehead atoms. The highest BCUT2D eigenvalue weighted by molar-refractivity contribution is 14.0. The number of nitrogens with zero attached hydrogens (tertiary/aromatic N) is 2. The van der Waals surface area contributed by atoms with Crippen LogP contribution in [0.1, 0.15) is 10.4 Å². The van der Waals surface area contributed by atoms with Gasteiger partial charge in [0.25, 0.3) is 0 Å². The molecular weight excluding hydrogens is 461 g/mol. The Balaban J connectivity index is 0.00000243. The Hall–Kier alpha value is -1.81. The molecule has 1 fully saturated rings. The Morgan fingerprint density at radius 3 is 2.65 bits per heavy atom. The highest BCUT2D eigenvalue weighted by Crippen LogP contribution is 2.16. The molecule has 1 aliphatic heterocycles. The number of nitrogens with one attached hydrogen (secondary N) is 3. The second kappa shape index (κ2) is 10.4. The van der Waals surface area contributed by atoms with E-state index in [4.69, 9.17) is 0 Å². The van der Waals surface area contributed by atoms with E-state index in [1.165, 1.54) is 10.4 Å². The first kappa shape index (κ1) is 20.5. The average Bonchev–Trinajstić information content (AvgIpc) is 3.16. The number of halogens is 1. The third-order valence-electron chi connectivity index (χ3n) is 4.03. The maximum Gasteiger partial charge on any atom is 0.239 e. The van der Waals surface area contributed by atoms with E-state index >= 15 is 0 Å². The molecule has 1 aliphatic rings. The maximum absolute atomic E-state index is 11.5. The van der Waals surface area contributed by atoms with Crippen LogP contribution in [0.15, 0.2) is 46.8 Å². The first-order chi connectivity index (χ1) is 12.2. The van der Waals surface area contributed by atoms with E-state index in [1.807, 2.05) is 6.07 Å². The summed E-state index contributed by atoms with van der Waals surface area (Å²) in [5.41, 5.74) is 2.25. The lowest BCUT2D eigenvalue weighted by Crippen LogP contribution is -2.47. The average molecular weight is 485 g/mol. The molecule has 2 aromatic rings. The first-order valence-corrected chi connectivity index (χ1v) is 9.20. The van der Waals surface area contributed by atoms with Gasteiger partial charge >= 0.3 is 0 Å². The van der Waals surface area contributed by atoms with Crippen LogP contribution < -0.4 is 20.9 Å². The molecule has 2 heterocycles. The molecule has 8 heteroatoms. The van der Waals surface area contributed by atoms with Crippen LogP contribution in [0.25, 0.3) is 0 Å². The van der Waals surface area contributed by atoms with Crippen molar-refractivity contribution in [2.75, 3.05) is 31.6 Å².